The smallest absolute Gasteiger partial charge is 0.269 e. The summed E-state index contributed by atoms with van der Waals surface area (Å²) >= 11 is 7.05. The number of amides is 1. The number of hydrogen-bond donors (Lipinski definition) is 0. The van der Waals surface area contributed by atoms with Crippen LogP contribution >= 0.6 is 24.0 Å². The average molecular weight is 460 g/mol. The van der Waals surface area contributed by atoms with Crippen LogP contribution in [0.2, 0.25) is 0 Å². The van der Waals surface area contributed by atoms with Gasteiger partial charge in [0.2, 0.25) is 0 Å². The number of carbonyl (C=O) groups excluding carboxylic acids is 1. The molecule has 2 aromatic carbocycles. The Morgan fingerprint density at radius 3 is 2.39 bits per heavy atom. The van der Waals surface area contributed by atoms with Gasteiger partial charge in [-0.3, -0.25) is 4.79 Å². The summed E-state index contributed by atoms with van der Waals surface area (Å²) in [5, 5.41) is 0.0257. The third-order valence-electron chi connectivity index (χ3n) is 5.00. The lowest BCUT2D eigenvalue weighted by atomic mass is 10.1. The molecule has 1 aliphatic heterocycles. The van der Waals surface area contributed by atoms with E-state index in [0.717, 1.165) is 28.4 Å². The van der Waals surface area contributed by atoms with Gasteiger partial charge in [0, 0.05) is 32.1 Å². The van der Waals surface area contributed by atoms with Crippen LogP contribution in [-0.2, 0) is 9.53 Å². The first-order chi connectivity index (χ1) is 14.8. The van der Waals surface area contributed by atoms with Gasteiger partial charge < -0.3 is 24.2 Å². The van der Waals surface area contributed by atoms with Crippen LogP contribution in [0.25, 0.3) is 0 Å². The van der Waals surface area contributed by atoms with Gasteiger partial charge in [-0.1, -0.05) is 24.3 Å². The minimum Gasteiger partial charge on any atom is -0.497 e. The summed E-state index contributed by atoms with van der Waals surface area (Å²) in [6.45, 7) is 1.30. The van der Waals surface area contributed by atoms with E-state index in [2.05, 4.69) is 11.0 Å². The molecule has 0 aromatic heterocycles. The summed E-state index contributed by atoms with van der Waals surface area (Å²) in [5.41, 5.74) is 1.88. The Bertz CT molecular complexity index is 919. The summed E-state index contributed by atoms with van der Waals surface area (Å²) in [7, 11) is 9.27. The summed E-state index contributed by atoms with van der Waals surface area (Å²) in [6, 6.07) is 15.8. The molecule has 1 aliphatic rings. The minimum absolute atomic E-state index is 0.0932. The van der Waals surface area contributed by atoms with Gasteiger partial charge in [-0.15, -0.1) is 11.8 Å². The number of fused-ring (bicyclic) bond motifs is 1. The Balaban J connectivity index is 2.07. The van der Waals surface area contributed by atoms with Crippen LogP contribution in [0.1, 0.15) is 10.8 Å². The predicted octanol–water partition coefficient (Wildman–Crippen LogP) is 3.67. The van der Waals surface area contributed by atoms with Crippen LogP contribution in [-0.4, -0.2) is 75.4 Å². The first kappa shape index (κ1) is 23.4. The number of ether oxygens (including phenoxy) is 2. The largest absolute Gasteiger partial charge is 0.497 e. The monoisotopic (exact) mass is 459 g/mol. The second-order valence-corrected chi connectivity index (χ2v) is 9.30. The molecule has 0 spiro atoms. The van der Waals surface area contributed by atoms with Crippen LogP contribution in [0.5, 0.6) is 5.75 Å². The molecule has 0 bridgehead atoms. The van der Waals surface area contributed by atoms with E-state index in [9.17, 15) is 4.79 Å². The number of methoxy groups -OCH3 is 1. The van der Waals surface area contributed by atoms with Crippen LogP contribution in [0.15, 0.2) is 53.4 Å². The maximum Gasteiger partial charge on any atom is 0.269 e. The highest BCUT2D eigenvalue weighted by Crippen LogP contribution is 2.46. The van der Waals surface area contributed by atoms with Crippen LogP contribution < -0.4 is 9.64 Å². The minimum atomic E-state index is -0.761. The Kier molecular flexibility index (Phi) is 7.80. The molecule has 0 unspecified atom stereocenters. The second-order valence-electron chi connectivity index (χ2n) is 7.77. The lowest BCUT2D eigenvalue weighted by Gasteiger charge is -2.30. The van der Waals surface area contributed by atoms with Crippen LogP contribution in [0, 0.1) is 0 Å². The van der Waals surface area contributed by atoms with Gasteiger partial charge >= 0.3 is 0 Å². The van der Waals surface area contributed by atoms with Gasteiger partial charge in [0.05, 0.1) is 18.0 Å². The standard InChI is InChI=1S/C23H29N3O3S2/c1-24(2)14-15-26-18-8-6-7-9-19(18)31-21(16-10-12-17(28-5)13-11-16)20(22(26)27)29-23(30)25(3)4/h6-13,20-21H,14-15H2,1-5H3/t20-,21+/m0/s1. The molecule has 0 aliphatic carbocycles. The fourth-order valence-electron chi connectivity index (χ4n) is 3.27. The SMILES string of the molecule is COc1ccc([C@H]2Sc3ccccc3N(CCN(C)C)C(=O)[C@H]2OC(=S)N(C)C)cc1. The molecular formula is C23H29N3O3S2. The molecule has 6 nitrogen and oxygen atoms in total. The highest BCUT2D eigenvalue weighted by molar-refractivity contribution is 7.99. The van der Waals surface area contributed by atoms with Crippen LogP contribution in [0.3, 0.4) is 0 Å². The van der Waals surface area contributed by atoms with E-state index >= 15 is 0 Å². The Labute approximate surface area is 194 Å². The van der Waals surface area contributed by atoms with Crippen molar-refractivity contribution < 1.29 is 14.3 Å². The molecule has 8 heteroatoms. The van der Waals surface area contributed by atoms with Crippen molar-refractivity contribution in [1.29, 1.82) is 0 Å². The van der Waals surface area contributed by atoms with Crippen molar-refractivity contribution in [2.75, 3.05) is 53.3 Å². The zero-order valence-corrected chi connectivity index (χ0v) is 20.2. The van der Waals surface area contributed by atoms with Crippen molar-refractivity contribution >= 4 is 40.7 Å². The first-order valence-corrected chi connectivity index (χ1v) is 11.3. The van der Waals surface area contributed by atoms with Gasteiger partial charge in [-0.2, -0.15) is 0 Å². The average Bonchev–Trinajstić information content (AvgIpc) is 2.87. The van der Waals surface area contributed by atoms with Crippen LogP contribution in [0.4, 0.5) is 5.69 Å². The van der Waals surface area contributed by atoms with E-state index in [0.29, 0.717) is 6.54 Å². The molecule has 31 heavy (non-hydrogen) atoms. The zero-order valence-electron chi connectivity index (χ0n) is 18.6. The van der Waals surface area contributed by atoms with E-state index < -0.39 is 6.10 Å². The van der Waals surface area contributed by atoms with Crippen molar-refractivity contribution in [2.24, 2.45) is 0 Å². The molecule has 1 amide bonds. The highest BCUT2D eigenvalue weighted by atomic mass is 32.2. The summed E-state index contributed by atoms with van der Waals surface area (Å²) in [4.78, 5) is 20.5. The Morgan fingerprint density at radius 2 is 1.77 bits per heavy atom. The van der Waals surface area contributed by atoms with Crippen molar-refractivity contribution in [2.45, 2.75) is 16.2 Å². The third kappa shape index (κ3) is 5.50. The van der Waals surface area contributed by atoms with E-state index in [1.165, 1.54) is 0 Å². The first-order valence-electron chi connectivity index (χ1n) is 10.1. The molecule has 0 N–H and O–H groups in total. The molecule has 1 heterocycles. The Morgan fingerprint density at radius 1 is 1.10 bits per heavy atom. The molecular weight excluding hydrogens is 430 g/mol. The third-order valence-corrected chi connectivity index (χ3v) is 6.84. The van der Waals surface area contributed by atoms with Crippen molar-refractivity contribution in [3.8, 4) is 5.75 Å². The number of para-hydroxylation sites is 1. The molecule has 166 valence electrons. The summed E-state index contributed by atoms with van der Waals surface area (Å²) in [5.74, 6) is 0.673. The molecule has 3 rings (SSSR count). The number of hydrogen-bond acceptors (Lipinski definition) is 6. The van der Waals surface area contributed by atoms with Gasteiger partial charge in [-0.25, -0.2) is 0 Å². The number of likely N-dealkylation sites (N-methyl/N-ethyl adjacent to an activating group) is 1. The van der Waals surface area contributed by atoms with Crippen molar-refractivity contribution in [3.63, 3.8) is 0 Å². The van der Waals surface area contributed by atoms with Crippen molar-refractivity contribution in [1.82, 2.24) is 9.80 Å². The lowest BCUT2D eigenvalue weighted by Crippen LogP contribution is -2.46. The number of nitrogens with zero attached hydrogens (tertiary/aromatic N) is 3. The Hall–Kier alpha value is -2.29. The zero-order chi connectivity index (χ0) is 22.5. The fraction of sp³-hybridized carbons (Fsp3) is 0.391. The lowest BCUT2D eigenvalue weighted by molar-refractivity contribution is -0.126. The molecule has 0 saturated heterocycles. The number of rotatable bonds is 6. The summed E-state index contributed by atoms with van der Waals surface area (Å²) in [6.07, 6.45) is -0.761. The molecule has 0 fully saturated rings. The maximum atomic E-state index is 13.9. The number of benzene rings is 2. The number of anilines is 1. The quantitative estimate of drug-likeness (QED) is 0.611. The predicted molar refractivity (Wildman–Crippen MR) is 130 cm³/mol. The molecule has 2 atom stereocenters. The number of thioether (sulfide) groups is 1. The highest BCUT2D eigenvalue weighted by Gasteiger charge is 2.40. The molecule has 2 aromatic rings. The fourth-order valence-corrected chi connectivity index (χ4v) is 4.70. The van der Waals surface area contributed by atoms with E-state index in [4.69, 9.17) is 21.7 Å². The van der Waals surface area contributed by atoms with Gasteiger partial charge in [0.1, 0.15) is 5.75 Å². The van der Waals surface area contributed by atoms with Gasteiger partial charge in [0.15, 0.2) is 6.10 Å². The normalized spacial score (nSPS) is 18.4. The van der Waals surface area contributed by atoms with Gasteiger partial charge in [-0.05, 0) is 56.1 Å². The van der Waals surface area contributed by atoms with E-state index in [1.54, 1.807) is 23.8 Å². The maximum absolute atomic E-state index is 13.9. The number of carbonyl (C=O) groups is 1. The molecule has 0 radical (unpaired) electrons. The van der Waals surface area contributed by atoms with E-state index in [1.807, 2.05) is 75.6 Å². The summed E-state index contributed by atoms with van der Waals surface area (Å²) < 4.78 is 11.4. The van der Waals surface area contributed by atoms with Crippen molar-refractivity contribution in [3.05, 3.63) is 54.1 Å². The van der Waals surface area contributed by atoms with Gasteiger partial charge in [0.25, 0.3) is 11.1 Å². The second kappa shape index (κ2) is 10.3. The number of thiocarbonyl (C=S) groups is 1. The molecule has 0 saturated carbocycles. The topological polar surface area (TPSA) is 45.3 Å². The van der Waals surface area contributed by atoms with E-state index in [-0.39, 0.29) is 16.3 Å².